The lowest BCUT2D eigenvalue weighted by Gasteiger charge is -2.53. The topological polar surface area (TPSA) is 18.5 Å². The zero-order valence-electron chi connectivity index (χ0n) is 13.2. The monoisotopic (exact) mass is 448 g/mol. The van der Waals surface area contributed by atoms with Crippen LogP contribution >= 0.6 is 31.9 Å². The van der Waals surface area contributed by atoms with Crippen molar-refractivity contribution in [3.63, 3.8) is 0 Å². The van der Waals surface area contributed by atoms with Crippen molar-refractivity contribution in [1.82, 2.24) is 0 Å². The Morgan fingerprint density at radius 1 is 0.792 bits per heavy atom. The molecule has 0 saturated heterocycles. The molecule has 2 heterocycles. The summed E-state index contributed by atoms with van der Waals surface area (Å²) < 4.78 is 15.4. The molecule has 0 N–H and O–H groups in total. The van der Waals surface area contributed by atoms with Crippen molar-refractivity contribution >= 4 is 31.9 Å². The standard InChI is InChI=1S/C20H18Br2O2/c21-16-8-1-4-12-10-14-6-3-7-15-11-13-5-2-9-17(22)19(13)24-20(14,15)23-18(12)16/h1-2,4-5,8-9,14-15H,3,6-7,10-11H2. The van der Waals surface area contributed by atoms with Crippen molar-refractivity contribution in [3.05, 3.63) is 56.5 Å². The predicted molar refractivity (Wildman–Crippen MR) is 101 cm³/mol. The van der Waals surface area contributed by atoms with Crippen LogP contribution in [-0.4, -0.2) is 5.79 Å². The molecular formula is C20H18Br2O2. The summed E-state index contributed by atoms with van der Waals surface area (Å²) in [7, 11) is 0. The van der Waals surface area contributed by atoms with E-state index in [0.717, 1.165) is 33.3 Å². The van der Waals surface area contributed by atoms with E-state index in [9.17, 15) is 0 Å². The van der Waals surface area contributed by atoms with E-state index in [1.165, 1.54) is 30.4 Å². The number of ether oxygens (including phenoxy) is 2. The third-order valence-corrected chi connectivity index (χ3v) is 7.04. The Morgan fingerprint density at radius 2 is 1.29 bits per heavy atom. The number of hydrogen-bond donors (Lipinski definition) is 0. The highest BCUT2D eigenvalue weighted by Gasteiger charge is 2.57. The molecule has 2 aromatic carbocycles. The minimum Gasteiger partial charge on any atom is -0.450 e. The van der Waals surface area contributed by atoms with Gasteiger partial charge >= 0.3 is 0 Å². The first-order valence-corrected chi connectivity index (χ1v) is 10.2. The molecule has 1 aliphatic carbocycles. The van der Waals surface area contributed by atoms with Crippen LogP contribution in [0.5, 0.6) is 11.5 Å². The lowest BCUT2D eigenvalue weighted by atomic mass is 9.68. The molecule has 0 bridgehead atoms. The normalized spacial score (nSPS) is 30.1. The average Bonchev–Trinajstić information content (AvgIpc) is 2.58. The summed E-state index contributed by atoms with van der Waals surface area (Å²) in [4.78, 5) is 0. The summed E-state index contributed by atoms with van der Waals surface area (Å²) in [6, 6.07) is 12.7. The van der Waals surface area contributed by atoms with Crippen LogP contribution in [0.25, 0.3) is 0 Å². The molecule has 5 rings (SSSR count). The quantitative estimate of drug-likeness (QED) is 0.498. The van der Waals surface area contributed by atoms with Crippen LogP contribution in [0.3, 0.4) is 0 Å². The van der Waals surface area contributed by atoms with Gasteiger partial charge in [0.25, 0.3) is 5.79 Å². The van der Waals surface area contributed by atoms with E-state index in [2.05, 4.69) is 68.3 Å². The molecule has 0 radical (unpaired) electrons. The van der Waals surface area contributed by atoms with Gasteiger partial charge in [0.05, 0.1) is 8.95 Å². The molecule has 3 aliphatic rings. The van der Waals surface area contributed by atoms with Gasteiger partial charge in [0, 0.05) is 11.8 Å². The molecular weight excluding hydrogens is 432 g/mol. The molecule has 2 atom stereocenters. The van der Waals surface area contributed by atoms with Gasteiger partial charge in [-0.2, -0.15) is 0 Å². The third kappa shape index (κ3) is 2.12. The van der Waals surface area contributed by atoms with E-state index < -0.39 is 5.79 Å². The molecule has 24 heavy (non-hydrogen) atoms. The summed E-state index contributed by atoms with van der Waals surface area (Å²) >= 11 is 7.34. The number of hydrogen-bond acceptors (Lipinski definition) is 2. The van der Waals surface area contributed by atoms with E-state index >= 15 is 0 Å². The molecule has 2 aliphatic heterocycles. The van der Waals surface area contributed by atoms with Gasteiger partial charge in [-0.1, -0.05) is 30.7 Å². The Balaban J connectivity index is 1.65. The fourth-order valence-electron chi connectivity index (χ4n) is 4.70. The number of benzene rings is 2. The van der Waals surface area contributed by atoms with E-state index in [-0.39, 0.29) is 0 Å². The number of halogens is 2. The highest BCUT2D eigenvalue weighted by atomic mass is 79.9. The van der Waals surface area contributed by atoms with Crippen molar-refractivity contribution in [2.45, 2.75) is 37.9 Å². The van der Waals surface area contributed by atoms with Gasteiger partial charge < -0.3 is 9.47 Å². The van der Waals surface area contributed by atoms with E-state index in [0.29, 0.717) is 11.8 Å². The molecule has 2 nitrogen and oxygen atoms in total. The summed E-state index contributed by atoms with van der Waals surface area (Å²) in [6.45, 7) is 0. The van der Waals surface area contributed by atoms with Crippen LogP contribution < -0.4 is 9.47 Å². The summed E-state index contributed by atoms with van der Waals surface area (Å²) in [6.07, 6.45) is 5.66. The van der Waals surface area contributed by atoms with Gasteiger partial charge in [0.15, 0.2) is 0 Å². The lowest BCUT2D eigenvalue weighted by Crippen LogP contribution is -2.61. The van der Waals surface area contributed by atoms with E-state index in [4.69, 9.17) is 9.47 Å². The minimum absolute atomic E-state index is 0.415. The first-order chi connectivity index (χ1) is 11.7. The van der Waals surface area contributed by atoms with Crippen LogP contribution in [0.15, 0.2) is 45.3 Å². The molecule has 1 fully saturated rings. The molecule has 1 saturated carbocycles. The van der Waals surface area contributed by atoms with Crippen LogP contribution in [0.4, 0.5) is 0 Å². The molecule has 0 aromatic heterocycles. The van der Waals surface area contributed by atoms with E-state index in [1.54, 1.807) is 0 Å². The first kappa shape index (κ1) is 15.3. The second-order valence-corrected chi connectivity index (χ2v) is 8.82. The van der Waals surface area contributed by atoms with Gasteiger partial charge in [-0.25, -0.2) is 0 Å². The Labute approximate surface area is 158 Å². The van der Waals surface area contributed by atoms with Crippen molar-refractivity contribution in [2.75, 3.05) is 0 Å². The molecule has 124 valence electrons. The third-order valence-electron chi connectivity index (χ3n) is 5.80. The van der Waals surface area contributed by atoms with Gasteiger partial charge in [0.2, 0.25) is 0 Å². The maximum absolute atomic E-state index is 6.68. The van der Waals surface area contributed by atoms with Gasteiger partial charge in [-0.15, -0.1) is 0 Å². The van der Waals surface area contributed by atoms with Crippen LogP contribution in [-0.2, 0) is 12.8 Å². The summed E-state index contributed by atoms with van der Waals surface area (Å²) in [5, 5.41) is 0. The number of fused-ring (bicyclic) bond motifs is 2. The van der Waals surface area contributed by atoms with Crippen LogP contribution in [0.2, 0.25) is 0 Å². The second-order valence-electron chi connectivity index (χ2n) is 7.11. The number of para-hydroxylation sites is 2. The van der Waals surface area contributed by atoms with Gasteiger partial charge in [0.1, 0.15) is 11.5 Å². The first-order valence-electron chi connectivity index (χ1n) is 8.60. The smallest absolute Gasteiger partial charge is 0.257 e. The van der Waals surface area contributed by atoms with Crippen LogP contribution in [0.1, 0.15) is 30.4 Å². The van der Waals surface area contributed by atoms with Crippen molar-refractivity contribution in [3.8, 4) is 11.5 Å². The van der Waals surface area contributed by atoms with Crippen molar-refractivity contribution in [1.29, 1.82) is 0 Å². The summed E-state index contributed by atoms with van der Waals surface area (Å²) in [5.74, 6) is 2.25. The fourth-order valence-corrected chi connectivity index (χ4v) is 5.67. The SMILES string of the molecule is Brc1cccc2c1OC13Oc4c(Br)cccc4CC1CCCC3C2. The maximum Gasteiger partial charge on any atom is 0.257 e. The highest BCUT2D eigenvalue weighted by molar-refractivity contribution is 9.10. The largest absolute Gasteiger partial charge is 0.450 e. The second kappa shape index (κ2) is 5.50. The predicted octanol–water partition coefficient (Wildman–Crippen LogP) is 5.89. The van der Waals surface area contributed by atoms with Crippen molar-refractivity contribution in [2.24, 2.45) is 11.8 Å². The molecule has 2 aromatic rings. The van der Waals surface area contributed by atoms with Gasteiger partial charge in [-0.3, -0.25) is 0 Å². The fraction of sp³-hybridized carbons (Fsp3) is 0.400. The lowest BCUT2D eigenvalue weighted by molar-refractivity contribution is -0.226. The minimum atomic E-state index is -0.522. The van der Waals surface area contributed by atoms with Crippen LogP contribution in [0, 0.1) is 11.8 Å². The summed E-state index contributed by atoms with van der Waals surface area (Å²) in [5.41, 5.74) is 2.59. The maximum atomic E-state index is 6.68. The molecule has 1 spiro atoms. The highest BCUT2D eigenvalue weighted by Crippen LogP contribution is 2.54. The molecule has 2 unspecified atom stereocenters. The van der Waals surface area contributed by atoms with Gasteiger partial charge in [-0.05, 0) is 80.8 Å². The number of rotatable bonds is 0. The van der Waals surface area contributed by atoms with Crippen molar-refractivity contribution < 1.29 is 9.47 Å². The Kier molecular flexibility index (Phi) is 3.50. The zero-order valence-corrected chi connectivity index (χ0v) is 16.4. The molecule has 4 heteroatoms. The molecule has 0 amide bonds. The Hall–Kier alpha value is -1.00. The Morgan fingerprint density at radius 3 is 1.79 bits per heavy atom. The Bertz CT molecular complexity index is 750. The van der Waals surface area contributed by atoms with E-state index in [1.807, 2.05) is 0 Å². The average molecular weight is 450 g/mol. The zero-order chi connectivity index (χ0) is 16.3.